The van der Waals surface area contributed by atoms with Crippen LogP contribution in [0.4, 0.5) is 0 Å². The van der Waals surface area contributed by atoms with Crippen LogP contribution in [0.15, 0.2) is 24.3 Å². The highest BCUT2D eigenvalue weighted by Crippen LogP contribution is 2.45. The molecular formula is C20H26N2O2. The SMILES string of the molecule is Cc1cccc(CN2CC[C@]3(CCN(C(=O)[C@@H]4C[C@@H]4C)C3)C2=O)c1. The van der Waals surface area contributed by atoms with Gasteiger partial charge in [-0.25, -0.2) is 0 Å². The lowest BCUT2D eigenvalue weighted by atomic mass is 9.85. The van der Waals surface area contributed by atoms with Crippen molar-refractivity contribution in [2.75, 3.05) is 19.6 Å². The van der Waals surface area contributed by atoms with E-state index in [-0.39, 0.29) is 23.1 Å². The van der Waals surface area contributed by atoms with E-state index in [1.807, 2.05) is 15.9 Å². The number of likely N-dealkylation sites (tertiary alicyclic amines) is 2. The van der Waals surface area contributed by atoms with Gasteiger partial charge in [0, 0.05) is 32.1 Å². The summed E-state index contributed by atoms with van der Waals surface area (Å²) in [7, 11) is 0. The summed E-state index contributed by atoms with van der Waals surface area (Å²) in [4.78, 5) is 29.4. The monoisotopic (exact) mass is 326 g/mol. The van der Waals surface area contributed by atoms with E-state index >= 15 is 0 Å². The van der Waals surface area contributed by atoms with E-state index in [1.165, 1.54) is 11.1 Å². The quantitative estimate of drug-likeness (QED) is 0.857. The molecule has 4 heteroatoms. The summed E-state index contributed by atoms with van der Waals surface area (Å²) in [5, 5.41) is 0. The van der Waals surface area contributed by atoms with E-state index in [9.17, 15) is 9.59 Å². The van der Waals surface area contributed by atoms with Gasteiger partial charge in [0.05, 0.1) is 5.41 Å². The average Bonchev–Trinajstić information content (AvgIpc) is 3.02. The first kappa shape index (κ1) is 15.7. The summed E-state index contributed by atoms with van der Waals surface area (Å²) in [5.41, 5.74) is 2.11. The fraction of sp³-hybridized carbons (Fsp3) is 0.600. The molecule has 4 rings (SSSR count). The second-order valence-corrected chi connectivity index (χ2v) is 8.08. The van der Waals surface area contributed by atoms with E-state index in [0.717, 1.165) is 32.4 Å². The van der Waals surface area contributed by atoms with Crippen molar-refractivity contribution in [1.82, 2.24) is 9.80 Å². The lowest BCUT2D eigenvalue weighted by molar-refractivity contribution is -0.137. The number of hydrogen-bond acceptors (Lipinski definition) is 2. The predicted octanol–water partition coefficient (Wildman–Crippen LogP) is 2.60. The number of nitrogens with zero attached hydrogens (tertiary/aromatic N) is 2. The highest BCUT2D eigenvalue weighted by molar-refractivity contribution is 5.88. The van der Waals surface area contributed by atoms with Crippen LogP contribution in [0.1, 0.15) is 37.3 Å². The van der Waals surface area contributed by atoms with Crippen LogP contribution in [0.2, 0.25) is 0 Å². The molecule has 128 valence electrons. The predicted molar refractivity (Wildman–Crippen MR) is 92.1 cm³/mol. The van der Waals surface area contributed by atoms with Crippen molar-refractivity contribution in [3.05, 3.63) is 35.4 Å². The molecule has 0 aromatic heterocycles. The molecule has 2 amide bonds. The third-order valence-electron chi connectivity index (χ3n) is 6.15. The minimum absolute atomic E-state index is 0.222. The van der Waals surface area contributed by atoms with Gasteiger partial charge in [-0.05, 0) is 37.7 Å². The van der Waals surface area contributed by atoms with Gasteiger partial charge in [-0.1, -0.05) is 36.8 Å². The van der Waals surface area contributed by atoms with Gasteiger partial charge >= 0.3 is 0 Å². The Hall–Kier alpha value is -1.84. The summed E-state index contributed by atoms with van der Waals surface area (Å²) in [6.07, 6.45) is 2.75. The van der Waals surface area contributed by atoms with E-state index in [0.29, 0.717) is 19.0 Å². The Morgan fingerprint density at radius 1 is 1.29 bits per heavy atom. The van der Waals surface area contributed by atoms with E-state index < -0.39 is 0 Å². The van der Waals surface area contributed by atoms with E-state index in [4.69, 9.17) is 0 Å². The molecule has 1 saturated carbocycles. The summed E-state index contributed by atoms with van der Waals surface area (Å²) in [6, 6.07) is 8.37. The van der Waals surface area contributed by atoms with Crippen LogP contribution < -0.4 is 0 Å². The van der Waals surface area contributed by atoms with Crippen molar-refractivity contribution >= 4 is 11.8 Å². The number of amides is 2. The molecule has 24 heavy (non-hydrogen) atoms. The normalized spacial score (nSPS) is 32.0. The smallest absolute Gasteiger partial charge is 0.231 e. The standard InChI is InChI=1S/C20H26N2O2/c1-14-4-3-5-16(10-14)12-21-8-6-20(19(21)24)7-9-22(13-20)18(23)17-11-15(17)2/h3-5,10,15,17H,6-9,11-13H2,1-2H3/t15-,17+,20+/m0/s1. The second-order valence-electron chi connectivity index (χ2n) is 8.08. The highest BCUT2D eigenvalue weighted by atomic mass is 16.2. The largest absolute Gasteiger partial charge is 0.341 e. The molecule has 1 spiro atoms. The molecule has 1 aromatic rings. The fourth-order valence-electron chi connectivity index (χ4n) is 4.41. The first-order valence-electron chi connectivity index (χ1n) is 9.12. The lowest BCUT2D eigenvalue weighted by Gasteiger charge is -2.24. The molecular weight excluding hydrogens is 300 g/mol. The summed E-state index contributed by atoms with van der Waals surface area (Å²) >= 11 is 0. The molecule has 0 bridgehead atoms. The minimum Gasteiger partial charge on any atom is -0.341 e. The van der Waals surface area contributed by atoms with Crippen molar-refractivity contribution < 1.29 is 9.59 Å². The first-order valence-corrected chi connectivity index (χ1v) is 9.12. The van der Waals surface area contributed by atoms with Crippen LogP contribution in [0.25, 0.3) is 0 Å². The fourth-order valence-corrected chi connectivity index (χ4v) is 4.41. The van der Waals surface area contributed by atoms with Gasteiger partial charge in [0.2, 0.25) is 11.8 Å². The summed E-state index contributed by atoms with van der Waals surface area (Å²) in [5.74, 6) is 1.29. The van der Waals surface area contributed by atoms with Crippen LogP contribution in [-0.4, -0.2) is 41.2 Å². The zero-order valence-electron chi connectivity index (χ0n) is 14.6. The number of aryl methyl sites for hydroxylation is 1. The molecule has 4 nitrogen and oxygen atoms in total. The minimum atomic E-state index is -0.308. The Balaban J connectivity index is 1.42. The zero-order chi connectivity index (χ0) is 16.9. The Kier molecular flexibility index (Phi) is 3.66. The summed E-state index contributed by atoms with van der Waals surface area (Å²) < 4.78 is 0. The van der Waals surface area contributed by atoms with E-state index in [1.54, 1.807) is 0 Å². The molecule has 1 aromatic carbocycles. The van der Waals surface area contributed by atoms with Gasteiger partial charge < -0.3 is 9.80 Å². The lowest BCUT2D eigenvalue weighted by Crippen LogP contribution is -2.38. The van der Waals surface area contributed by atoms with Crippen LogP contribution in [0, 0.1) is 24.2 Å². The van der Waals surface area contributed by atoms with Gasteiger partial charge in [-0.3, -0.25) is 9.59 Å². The van der Waals surface area contributed by atoms with Crippen LogP contribution in [-0.2, 0) is 16.1 Å². The average molecular weight is 326 g/mol. The maximum Gasteiger partial charge on any atom is 0.231 e. The number of carbonyl (C=O) groups is 2. The van der Waals surface area contributed by atoms with Gasteiger partial charge in [0.15, 0.2) is 0 Å². The Morgan fingerprint density at radius 3 is 2.75 bits per heavy atom. The Morgan fingerprint density at radius 2 is 2.04 bits per heavy atom. The second kappa shape index (κ2) is 5.61. The Bertz CT molecular complexity index is 686. The number of carbonyl (C=O) groups excluding carboxylic acids is 2. The highest BCUT2D eigenvalue weighted by Gasteiger charge is 2.53. The van der Waals surface area contributed by atoms with Gasteiger partial charge in [-0.2, -0.15) is 0 Å². The van der Waals surface area contributed by atoms with Gasteiger partial charge in [0.1, 0.15) is 0 Å². The molecule has 3 aliphatic rings. The molecule has 2 saturated heterocycles. The molecule has 0 unspecified atom stereocenters. The van der Waals surface area contributed by atoms with Crippen molar-refractivity contribution in [3.8, 4) is 0 Å². The number of hydrogen-bond donors (Lipinski definition) is 0. The van der Waals surface area contributed by atoms with Crippen molar-refractivity contribution in [2.24, 2.45) is 17.3 Å². The van der Waals surface area contributed by atoms with Crippen molar-refractivity contribution in [3.63, 3.8) is 0 Å². The van der Waals surface area contributed by atoms with Crippen molar-refractivity contribution in [2.45, 2.75) is 39.7 Å². The van der Waals surface area contributed by atoms with Crippen molar-refractivity contribution in [1.29, 1.82) is 0 Å². The van der Waals surface area contributed by atoms with Gasteiger partial charge in [-0.15, -0.1) is 0 Å². The number of rotatable bonds is 3. The Labute approximate surface area is 143 Å². The molecule has 1 aliphatic carbocycles. The summed E-state index contributed by atoms with van der Waals surface area (Å²) in [6.45, 7) is 7.11. The molecule has 2 heterocycles. The molecule has 3 atom stereocenters. The molecule has 3 fully saturated rings. The zero-order valence-corrected chi connectivity index (χ0v) is 14.6. The van der Waals surface area contributed by atoms with Crippen LogP contribution in [0.5, 0.6) is 0 Å². The maximum absolute atomic E-state index is 13.0. The van der Waals surface area contributed by atoms with Crippen LogP contribution in [0.3, 0.4) is 0 Å². The molecule has 0 N–H and O–H groups in total. The maximum atomic E-state index is 13.0. The van der Waals surface area contributed by atoms with Gasteiger partial charge in [0.25, 0.3) is 0 Å². The third kappa shape index (κ3) is 2.62. The van der Waals surface area contributed by atoms with E-state index in [2.05, 4.69) is 32.0 Å². The third-order valence-corrected chi connectivity index (χ3v) is 6.15. The topological polar surface area (TPSA) is 40.6 Å². The number of benzene rings is 1. The first-order chi connectivity index (χ1) is 11.5. The molecule has 0 radical (unpaired) electrons. The molecule has 2 aliphatic heterocycles. The van der Waals surface area contributed by atoms with Crippen LogP contribution >= 0.6 is 0 Å².